The minimum Gasteiger partial charge on any atom is -0.352 e. The minimum absolute atomic E-state index is 0.0552. The van der Waals surface area contributed by atoms with Crippen LogP contribution in [0.3, 0.4) is 0 Å². The first-order valence-corrected chi connectivity index (χ1v) is 9.14. The molecule has 1 N–H and O–H groups in total. The number of nitrogens with one attached hydrogen (secondary N) is 1. The molecule has 148 valence electrons. The van der Waals surface area contributed by atoms with Gasteiger partial charge in [-0.15, -0.1) is 0 Å². The van der Waals surface area contributed by atoms with Crippen molar-refractivity contribution in [2.45, 2.75) is 13.1 Å². The van der Waals surface area contributed by atoms with Crippen LogP contribution in [-0.2, 0) is 27.2 Å². The van der Waals surface area contributed by atoms with Gasteiger partial charge in [0.1, 0.15) is 5.82 Å². The predicted molar refractivity (Wildman–Crippen MR) is 109 cm³/mol. The molecule has 8 heteroatoms. The molecule has 0 atom stereocenters. The lowest BCUT2D eigenvalue weighted by molar-refractivity contribution is 0.623. The molecule has 0 aliphatic carbocycles. The highest BCUT2D eigenvalue weighted by molar-refractivity contribution is 5.74. The van der Waals surface area contributed by atoms with Crippen molar-refractivity contribution in [2.24, 2.45) is 14.1 Å². The van der Waals surface area contributed by atoms with Crippen LogP contribution < -0.4 is 16.6 Å². The molecule has 2 heterocycles. The summed E-state index contributed by atoms with van der Waals surface area (Å²) in [6.45, 7) is 0.593. The van der Waals surface area contributed by atoms with E-state index in [2.05, 4.69) is 10.3 Å². The molecule has 0 radical (unpaired) electrons. The maximum atomic E-state index is 13.2. The Morgan fingerprint density at radius 2 is 1.62 bits per heavy atom. The van der Waals surface area contributed by atoms with E-state index >= 15 is 0 Å². The Balaban J connectivity index is 1.75. The Bertz CT molecular complexity index is 1290. The van der Waals surface area contributed by atoms with Crippen molar-refractivity contribution in [3.05, 3.63) is 92.4 Å². The third kappa shape index (κ3) is 3.44. The Morgan fingerprint density at radius 1 is 0.931 bits per heavy atom. The SMILES string of the molecule is Cn1c(NCc2ccccc2)nc2c1c(=O)n(Cc1ccc(F)cc1)c(=O)n2C. The highest BCUT2D eigenvalue weighted by Gasteiger charge is 2.18. The minimum atomic E-state index is -0.473. The number of anilines is 1. The summed E-state index contributed by atoms with van der Waals surface area (Å²) in [6, 6.07) is 15.5. The summed E-state index contributed by atoms with van der Waals surface area (Å²) in [5, 5.41) is 3.21. The zero-order valence-electron chi connectivity index (χ0n) is 16.1. The number of fused-ring (bicyclic) bond motifs is 1. The van der Waals surface area contributed by atoms with E-state index < -0.39 is 11.2 Å². The van der Waals surface area contributed by atoms with Crippen LogP contribution in [0.15, 0.2) is 64.2 Å². The monoisotopic (exact) mass is 393 g/mol. The van der Waals surface area contributed by atoms with Crippen LogP contribution in [0.2, 0.25) is 0 Å². The van der Waals surface area contributed by atoms with Crippen molar-refractivity contribution in [3.63, 3.8) is 0 Å². The Labute approximate surface area is 165 Å². The molecule has 4 rings (SSSR count). The maximum Gasteiger partial charge on any atom is 0.332 e. The van der Waals surface area contributed by atoms with Gasteiger partial charge in [0.15, 0.2) is 11.2 Å². The molecule has 0 unspecified atom stereocenters. The summed E-state index contributed by atoms with van der Waals surface area (Å²) in [7, 11) is 3.32. The number of aryl methyl sites for hydroxylation is 2. The molecule has 0 spiro atoms. The highest BCUT2D eigenvalue weighted by Crippen LogP contribution is 2.15. The third-order valence-corrected chi connectivity index (χ3v) is 4.91. The van der Waals surface area contributed by atoms with Gasteiger partial charge in [0.2, 0.25) is 5.95 Å². The fourth-order valence-electron chi connectivity index (χ4n) is 3.29. The Hall–Kier alpha value is -3.68. The first-order chi connectivity index (χ1) is 14.0. The van der Waals surface area contributed by atoms with Gasteiger partial charge in [-0.1, -0.05) is 42.5 Å². The molecule has 0 aliphatic rings. The molecular formula is C21H20FN5O2. The normalized spacial score (nSPS) is 11.1. The molecule has 4 aromatic rings. The number of imidazole rings is 1. The van der Waals surface area contributed by atoms with E-state index in [1.165, 1.54) is 16.7 Å². The van der Waals surface area contributed by atoms with Crippen molar-refractivity contribution in [1.29, 1.82) is 0 Å². The van der Waals surface area contributed by atoms with Gasteiger partial charge in [-0.2, -0.15) is 4.98 Å². The Kier molecular flexibility index (Phi) is 4.75. The lowest BCUT2D eigenvalue weighted by Crippen LogP contribution is -2.39. The summed E-state index contributed by atoms with van der Waals surface area (Å²) in [6.07, 6.45) is 0. The lowest BCUT2D eigenvalue weighted by atomic mass is 10.2. The van der Waals surface area contributed by atoms with Gasteiger partial charge in [0, 0.05) is 20.6 Å². The summed E-state index contributed by atoms with van der Waals surface area (Å²) >= 11 is 0. The van der Waals surface area contributed by atoms with Crippen molar-refractivity contribution < 1.29 is 4.39 Å². The molecule has 0 saturated carbocycles. The number of hydrogen-bond acceptors (Lipinski definition) is 4. The van der Waals surface area contributed by atoms with E-state index in [-0.39, 0.29) is 12.4 Å². The van der Waals surface area contributed by atoms with E-state index in [1.807, 2.05) is 30.3 Å². The first-order valence-electron chi connectivity index (χ1n) is 9.14. The predicted octanol–water partition coefficient (Wildman–Crippen LogP) is 2.23. The molecular weight excluding hydrogens is 373 g/mol. The van der Waals surface area contributed by atoms with E-state index in [4.69, 9.17) is 0 Å². The van der Waals surface area contributed by atoms with Gasteiger partial charge >= 0.3 is 5.69 Å². The average molecular weight is 393 g/mol. The molecule has 2 aromatic heterocycles. The number of halogens is 1. The van der Waals surface area contributed by atoms with E-state index in [0.29, 0.717) is 29.2 Å². The number of rotatable bonds is 5. The van der Waals surface area contributed by atoms with Crippen molar-refractivity contribution >= 4 is 17.1 Å². The van der Waals surface area contributed by atoms with Crippen LogP contribution in [0.1, 0.15) is 11.1 Å². The largest absolute Gasteiger partial charge is 0.352 e. The number of nitrogens with zero attached hydrogens (tertiary/aromatic N) is 4. The molecule has 7 nitrogen and oxygen atoms in total. The number of aromatic nitrogens is 4. The van der Waals surface area contributed by atoms with Crippen LogP contribution in [0.5, 0.6) is 0 Å². The summed E-state index contributed by atoms with van der Waals surface area (Å²) in [5.74, 6) is 0.126. The van der Waals surface area contributed by atoms with Crippen LogP contribution in [0, 0.1) is 5.82 Å². The van der Waals surface area contributed by atoms with Gasteiger partial charge in [0.25, 0.3) is 5.56 Å². The van der Waals surface area contributed by atoms with Crippen LogP contribution in [0.4, 0.5) is 10.3 Å². The second kappa shape index (κ2) is 7.38. The number of benzene rings is 2. The fraction of sp³-hybridized carbons (Fsp3) is 0.190. The van der Waals surface area contributed by atoms with Gasteiger partial charge < -0.3 is 9.88 Å². The molecule has 0 saturated heterocycles. The van der Waals surface area contributed by atoms with Crippen LogP contribution >= 0.6 is 0 Å². The summed E-state index contributed by atoms with van der Waals surface area (Å²) in [4.78, 5) is 30.3. The zero-order valence-corrected chi connectivity index (χ0v) is 16.1. The molecule has 0 bridgehead atoms. The highest BCUT2D eigenvalue weighted by atomic mass is 19.1. The maximum absolute atomic E-state index is 13.2. The van der Waals surface area contributed by atoms with Crippen molar-refractivity contribution in [3.8, 4) is 0 Å². The summed E-state index contributed by atoms with van der Waals surface area (Å²) in [5.41, 5.74) is 1.46. The summed E-state index contributed by atoms with van der Waals surface area (Å²) < 4.78 is 17.3. The van der Waals surface area contributed by atoms with E-state index in [0.717, 1.165) is 10.1 Å². The van der Waals surface area contributed by atoms with Crippen molar-refractivity contribution in [2.75, 3.05) is 5.32 Å². The topological polar surface area (TPSA) is 73.8 Å². The molecule has 0 fully saturated rings. The molecule has 0 aliphatic heterocycles. The number of hydrogen-bond donors (Lipinski definition) is 1. The van der Waals surface area contributed by atoms with Crippen molar-refractivity contribution in [1.82, 2.24) is 18.7 Å². The van der Waals surface area contributed by atoms with Gasteiger partial charge in [-0.25, -0.2) is 9.18 Å². The van der Waals surface area contributed by atoms with Gasteiger partial charge in [0.05, 0.1) is 6.54 Å². The lowest BCUT2D eigenvalue weighted by Gasteiger charge is -2.09. The first kappa shape index (κ1) is 18.7. The third-order valence-electron chi connectivity index (χ3n) is 4.91. The van der Waals surface area contributed by atoms with Gasteiger partial charge in [-0.05, 0) is 23.3 Å². The quantitative estimate of drug-likeness (QED) is 0.564. The van der Waals surface area contributed by atoms with E-state index in [9.17, 15) is 14.0 Å². The van der Waals surface area contributed by atoms with Crippen LogP contribution in [0.25, 0.3) is 11.2 Å². The van der Waals surface area contributed by atoms with E-state index in [1.54, 1.807) is 30.8 Å². The van der Waals surface area contributed by atoms with Crippen LogP contribution in [-0.4, -0.2) is 18.7 Å². The Morgan fingerprint density at radius 3 is 2.31 bits per heavy atom. The molecule has 29 heavy (non-hydrogen) atoms. The second-order valence-electron chi connectivity index (χ2n) is 6.87. The molecule has 0 amide bonds. The molecule has 2 aromatic carbocycles. The average Bonchev–Trinajstić information content (AvgIpc) is 3.07. The second-order valence-corrected chi connectivity index (χ2v) is 6.87. The van der Waals surface area contributed by atoms with Gasteiger partial charge in [-0.3, -0.25) is 13.9 Å². The smallest absolute Gasteiger partial charge is 0.332 e. The standard InChI is InChI=1S/C21H20FN5O2/c1-25-17-18(24-20(25)23-12-14-6-4-3-5-7-14)26(2)21(29)27(19(17)28)13-15-8-10-16(22)11-9-15/h3-11H,12-13H2,1-2H3,(H,23,24). The zero-order chi connectivity index (χ0) is 20.5. The fourth-order valence-corrected chi connectivity index (χ4v) is 3.29.